The first-order chi connectivity index (χ1) is 16.5. The summed E-state index contributed by atoms with van der Waals surface area (Å²) in [6.45, 7) is 2.13. The highest BCUT2D eigenvalue weighted by molar-refractivity contribution is 5.80. The molecule has 0 unspecified atom stereocenters. The first kappa shape index (κ1) is 23.8. The number of alkyl carbamates (subject to hydrolysis) is 1. The molecule has 3 N–H and O–H groups in total. The van der Waals surface area contributed by atoms with Gasteiger partial charge in [0.25, 0.3) is 0 Å². The van der Waals surface area contributed by atoms with Crippen molar-refractivity contribution in [1.29, 1.82) is 0 Å². The zero-order chi connectivity index (χ0) is 24.1. The molecule has 0 saturated heterocycles. The fourth-order valence-corrected chi connectivity index (χ4v) is 5.16. The monoisotopic (exact) mass is 464 g/mol. The van der Waals surface area contributed by atoms with E-state index in [9.17, 15) is 19.5 Å². The second-order valence-corrected chi connectivity index (χ2v) is 9.25. The Balaban J connectivity index is 1.28. The van der Waals surface area contributed by atoms with Gasteiger partial charge in [0.1, 0.15) is 6.61 Å². The molecule has 0 spiro atoms. The molecule has 180 valence electrons. The zero-order valence-electron chi connectivity index (χ0n) is 19.5. The maximum atomic E-state index is 12.6. The highest BCUT2D eigenvalue weighted by Crippen LogP contribution is 2.44. The molecule has 1 fully saturated rings. The number of nitrogens with one attached hydrogen (secondary N) is 2. The molecule has 0 aromatic heterocycles. The number of carbonyl (C=O) groups excluding carboxylic acids is 2. The Morgan fingerprint density at radius 2 is 1.68 bits per heavy atom. The van der Waals surface area contributed by atoms with Gasteiger partial charge in [0.05, 0.1) is 5.92 Å². The summed E-state index contributed by atoms with van der Waals surface area (Å²) >= 11 is 0. The van der Waals surface area contributed by atoms with Gasteiger partial charge in [-0.2, -0.15) is 0 Å². The Kier molecular flexibility index (Phi) is 7.50. The third-order valence-electron chi connectivity index (χ3n) is 6.98. The Morgan fingerprint density at radius 1 is 1.03 bits per heavy atom. The van der Waals surface area contributed by atoms with Crippen LogP contribution < -0.4 is 10.6 Å². The minimum Gasteiger partial charge on any atom is -0.481 e. The van der Waals surface area contributed by atoms with Gasteiger partial charge in [0, 0.05) is 24.4 Å². The third-order valence-corrected chi connectivity index (χ3v) is 6.98. The van der Waals surface area contributed by atoms with Gasteiger partial charge in [-0.15, -0.1) is 0 Å². The van der Waals surface area contributed by atoms with Gasteiger partial charge >= 0.3 is 12.1 Å². The number of ether oxygens (including phenoxy) is 1. The van der Waals surface area contributed by atoms with E-state index in [-0.39, 0.29) is 36.9 Å². The van der Waals surface area contributed by atoms with Crippen molar-refractivity contribution in [3.05, 3.63) is 59.7 Å². The Labute approximate surface area is 199 Å². The van der Waals surface area contributed by atoms with Crippen molar-refractivity contribution in [3.8, 4) is 11.1 Å². The number of benzene rings is 2. The lowest BCUT2D eigenvalue weighted by molar-refractivity contribution is -0.143. The molecule has 1 saturated carbocycles. The summed E-state index contributed by atoms with van der Waals surface area (Å²) in [5, 5.41) is 15.0. The summed E-state index contributed by atoms with van der Waals surface area (Å²) in [5.74, 6) is -1.40. The molecule has 2 aromatic carbocycles. The summed E-state index contributed by atoms with van der Waals surface area (Å²) in [4.78, 5) is 36.3. The highest BCUT2D eigenvalue weighted by Gasteiger charge is 2.30. The Hall–Kier alpha value is -3.35. The van der Waals surface area contributed by atoms with Crippen LogP contribution in [0.3, 0.4) is 0 Å². The maximum absolute atomic E-state index is 12.6. The van der Waals surface area contributed by atoms with Crippen LogP contribution in [0.25, 0.3) is 11.1 Å². The third kappa shape index (κ3) is 5.41. The predicted octanol–water partition coefficient (Wildman–Crippen LogP) is 4.45. The minimum absolute atomic E-state index is 0.0185. The van der Waals surface area contributed by atoms with Crippen LogP contribution in [-0.4, -0.2) is 41.8 Å². The zero-order valence-corrected chi connectivity index (χ0v) is 19.5. The quantitative estimate of drug-likeness (QED) is 0.535. The number of carboxylic acids is 1. The van der Waals surface area contributed by atoms with Gasteiger partial charge in [0.2, 0.25) is 5.91 Å². The van der Waals surface area contributed by atoms with Crippen LogP contribution in [-0.2, 0) is 14.3 Å². The van der Waals surface area contributed by atoms with Gasteiger partial charge in [-0.25, -0.2) is 4.79 Å². The topological polar surface area (TPSA) is 105 Å². The lowest BCUT2D eigenvalue weighted by Crippen LogP contribution is -2.44. The molecule has 4 rings (SSSR count). The van der Waals surface area contributed by atoms with E-state index in [0.29, 0.717) is 19.3 Å². The van der Waals surface area contributed by atoms with Crippen LogP contribution in [0.1, 0.15) is 62.5 Å². The molecule has 0 radical (unpaired) electrons. The van der Waals surface area contributed by atoms with Crippen molar-refractivity contribution < 1.29 is 24.2 Å². The van der Waals surface area contributed by atoms with E-state index in [1.54, 1.807) is 0 Å². The maximum Gasteiger partial charge on any atom is 0.407 e. The number of aliphatic carboxylic acids is 1. The summed E-state index contributed by atoms with van der Waals surface area (Å²) in [7, 11) is 0. The number of hydrogen-bond acceptors (Lipinski definition) is 4. The van der Waals surface area contributed by atoms with Crippen molar-refractivity contribution in [2.45, 2.75) is 63.5 Å². The second-order valence-electron chi connectivity index (χ2n) is 9.25. The highest BCUT2D eigenvalue weighted by atomic mass is 16.5. The smallest absolute Gasteiger partial charge is 0.407 e. The average Bonchev–Trinajstić information content (AvgIpc) is 3.16. The van der Waals surface area contributed by atoms with E-state index in [4.69, 9.17) is 4.74 Å². The van der Waals surface area contributed by atoms with Crippen LogP contribution in [0.4, 0.5) is 4.79 Å². The van der Waals surface area contributed by atoms with Gasteiger partial charge < -0.3 is 20.5 Å². The van der Waals surface area contributed by atoms with E-state index in [1.807, 2.05) is 31.2 Å². The fraction of sp³-hybridized carbons (Fsp3) is 0.444. The van der Waals surface area contributed by atoms with Crippen molar-refractivity contribution in [3.63, 3.8) is 0 Å². The Morgan fingerprint density at radius 3 is 2.29 bits per heavy atom. The van der Waals surface area contributed by atoms with E-state index in [2.05, 4.69) is 34.9 Å². The number of carboxylic acid groups (broad SMARTS) is 1. The molecular formula is C27H32N2O5. The molecule has 0 aliphatic heterocycles. The van der Waals surface area contributed by atoms with Crippen LogP contribution in [0.15, 0.2) is 48.5 Å². The average molecular weight is 465 g/mol. The van der Waals surface area contributed by atoms with Gasteiger partial charge in [-0.3, -0.25) is 9.59 Å². The molecule has 2 aliphatic carbocycles. The standard InChI is InChI=1S/C27H32N2O5/c1-2-18(15-25(30)28-19-9-7-8-17(14-19)26(31)32)29-27(33)34-16-24-22-12-5-3-10-20(22)21-11-4-6-13-23(21)24/h3-6,10-13,17-19,24H,2,7-9,14-16H2,1H3,(H,28,30)(H,29,33)(H,31,32)/t17-,18-,19-/m1/s1. The summed E-state index contributed by atoms with van der Waals surface area (Å²) in [6, 6.07) is 15.8. The SMILES string of the molecule is CC[C@H](CC(=O)N[C@@H]1CCC[C@@H](C(=O)O)C1)NC(=O)OCC1c2ccccc2-c2ccccc21. The molecule has 0 heterocycles. The summed E-state index contributed by atoms with van der Waals surface area (Å²) in [6.07, 6.45) is 2.86. The first-order valence-corrected chi connectivity index (χ1v) is 12.1. The number of rotatable bonds is 8. The lowest BCUT2D eigenvalue weighted by Gasteiger charge is -2.28. The van der Waals surface area contributed by atoms with E-state index < -0.39 is 18.0 Å². The van der Waals surface area contributed by atoms with Crippen LogP contribution in [0.2, 0.25) is 0 Å². The Bertz CT molecular complexity index is 1010. The lowest BCUT2D eigenvalue weighted by atomic mass is 9.85. The molecule has 7 heteroatoms. The number of fused-ring (bicyclic) bond motifs is 3. The summed E-state index contributed by atoms with van der Waals surface area (Å²) in [5.41, 5.74) is 4.64. The molecule has 2 amide bonds. The second kappa shape index (κ2) is 10.7. The number of hydrogen-bond donors (Lipinski definition) is 3. The number of amides is 2. The van der Waals surface area contributed by atoms with E-state index >= 15 is 0 Å². The van der Waals surface area contributed by atoms with Gasteiger partial charge in [-0.1, -0.05) is 61.9 Å². The predicted molar refractivity (Wildman–Crippen MR) is 128 cm³/mol. The van der Waals surface area contributed by atoms with Crippen molar-refractivity contribution in [2.24, 2.45) is 5.92 Å². The summed E-state index contributed by atoms with van der Waals surface area (Å²) < 4.78 is 5.60. The first-order valence-electron chi connectivity index (χ1n) is 12.1. The molecule has 2 aromatic rings. The van der Waals surface area contributed by atoms with E-state index in [0.717, 1.165) is 24.0 Å². The molecular weight excluding hydrogens is 432 g/mol. The van der Waals surface area contributed by atoms with Crippen molar-refractivity contribution >= 4 is 18.0 Å². The van der Waals surface area contributed by atoms with Crippen LogP contribution >= 0.6 is 0 Å². The number of carbonyl (C=O) groups is 3. The molecule has 2 aliphatic rings. The van der Waals surface area contributed by atoms with Gasteiger partial charge in [-0.05, 0) is 47.9 Å². The molecule has 7 nitrogen and oxygen atoms in total. The largest absolute Gasteiger partial charge is 0.481 e. The van der Waals surface area contributed by atoms with Crippen molar-refractivity contribution in [2.75, 3.05) is 6.61 Å². The molecule has 34 heavy (non-hydrogen) atoms. The van der Waals surface area contributed by atoms with Gasteiger partial charge in [0.15, 0.2) is 0 Å². The van der Waals surface area contributed by atoms with Crippen LogP contribution in [0.5, 0.6) is 0 Å². The molecule has 3 atom stereocenters. The van der Waals surface area contributed by atoms with Crippen molar-refractivity contribution in [1.82, 2.24) is 10.6 Å². The minimum atomic E-state index is -0.803. The van der Waals surface area contributed by atoms with Crippen LogP contribution in [0, 0.1) is 5.92 Å². The molecule has 0 bridgehead atoms. The fourth-order valence-electron chi connectivity index (χ4n) is 5.16. The van der Waals surface area contributed by atoms with E-state index in [1.165, 1.54) is 11.1 Å². The normalized spacial score (nSPS) is 20.0.